The lowest BCUT2D eigenvalue weighted by Gasteiger charge is -2.02. The molecule has 0 bridgehead atoms. The van der Waals surface area contributed by atoms with Crippen molar-refractivity contribution in [1.82, 2.24) is 9.55 Å². The predicted octanol–water partition coefficient (Wildman–Crippen LogP) is 2.51. The first-order valence-electron chi connectivity index (χ1n) is 5.33. The van der Waals surface area contributed by atoms with Crippen molar-refractivity contribution in [2.24, 2.45) is 0 Å². The molecule has 0 unspecified atom stereocenters. The van der Waals surface area contributed by atoms with Crippen molar-refractivity contribution in [3.63, 3.8) is 0 Å². The van der Waals surface area contributed by atoms with Crippen LogP contribution in [-0.4, -0.2) is 9.55 Å². The average Bonchev–Trinajstić information content (AvgIpc) is 2.68. The summed E-state index contributed by atoms with van der Waals surface area (Å²) in [5, 5.41) is 0. The van der Waals surface area contributed by atoms with Gasteiger partial charge in [-0.3, -0.25) is 14.3 Å². The summed E-state index contributed by atoms with van der Waals surface area (Å²) in [5.41, 5.74) is 1.88. The van der Waals surface area contributed by atoms with Gasteiger partial charge >= 0.3 is 4.87 Å². The largest absolute Gasteiger partial charge is 0.308 e. The Morgan fingerprint density at radius 3 is 2.76 bits per heavy atom. The fourth-order valence-corrected chi connectivity index (χ4v) is 2.71. The Morgan fingerprint density at radius 2 is 1.94 bits per heavy atom. The standard InChI is InChI=1S/C13H10N2OS/c16-13-15(9-10-5-3-4-8-14-10)11-6-1-2-7-12(11)17-13/h1-8H,9H2. The van der Waals surface area contributed by atoms with Gasteiger partial charge in [0.25, 0.3) is 0 Å². The molecule has 0 radical (unpaired) electrons. The van der Waals surface area contributed by atoms with Crippen molar-refractivity contribution >= 4 is 21.6 Å². The number of benzene rings is 1. The molecular weight excluding hydrogens is 232 g/mol. The minimum absolute atomic E-state index is 0.0665. The average molecular weight is 242 g/mol. The first-order chi connectivity index (χ1) is 8.34. The van der Waals surface area contributed by atoms with Crippen LogP contribution in [0.5, 0.6) is 0 Å². The Bertz CT molecular complexity index is 700. The van der Waals surface area contributed by atoms with E-state index in [0.29, 0.717) is 6.54 Å². The van der Waals surface area contributed by atoms with Crippen LogP contribution in [0.25, 0.3) is 10.2 Å². The van der Waals surface area contributed by atoms with Crippen LogP contribution in [0.3, 0.4) is 0 Å². The van der Waals surface area contributed by atoms with Gasteiger partial charge in [0.2, 0.25) is 0 Å². The van der Waals surface area contributed by atoms with Gasteiger partial charge in [-0.1, -0.05) is 29.5 Å². The zero-order valence-corrected chi connectivity index (χ0v) is 9.85. The van der Waals surface area contributed by atoms with Crippen LogP contribution in [0, 0.1) is 0 Å². The van der Waals surface area contributed by atoms with Crippen molar-refractivity contribution in [3.8, 4) is 0 Å². The van der Waals surface area contributed by atoms with Crippen LogP contribution in [0.2, 0.25) is 0 Å². The molecule has 0 saturated heterocycles. The SMILES string of the molecule is O=c1sc2ccccc2n1Cc1ccccn1. The van der Waals surface area contributed by atoms with Crippen molar-refractivity contribution in [3.05, 3.63) is 64.0 Å². The van der Waals surface area contributed by atoms with Gasteiger partial charge in [0.05, 0.1) is 22.5 Å². The van der Waals surface area contributed by atoms with Gasteiger partial charge in [-0.25, -0.2) is 0 Å². The summed E-state index contributed by atoms with van der Waals surface area (Å²) >= 11 is 1.28. The second-order valence-corrected chi connectivity index (χ2v) is 4.74. The molecule has 2 aromatic heterocycles. The maximum atomic E-state index is 11.9. The molecule has 2 heterocycles. The molecule has 84 valence electrons. The van der Waals surface area contributed by atoms with Crippen molar-refractivity contribution in [2.75, 3.05) is 0 Å². The molecular formula is C13H10N2OS. The second-order valence-electron chi connectivity index (χ2n) is 3.74. The van der Waals surface area contributed by atoms with Crippen molar-refractivity contribution in [2.45, 2.75) is 6.54 Å². The minimum atomic E-state index is 0.0665. The predicted molar refractivity (Wildman–Crippen MR) is 69.4 cm³/mol. The Kier molecular flexibility index (Phi) is 2.49. The summed E-state index contributed by atoms with van der Waals surface area (Å²) in [7, 11) is 0. The van der Waals surface area contributed by atoms with Gasteiger partial charge in [-0.2, -0.15) is 0 Å². The number of thiazole rings is 1. The van der Waals surface area contributed by atoms with Crippen LogP contribution in [0.1, 0.15) is 5.69 Å². The minimum Gasteiger partial charge on any atom is -0.293 e. The molecule has 17 heavy (non-hydrogen) atoms. The van der Waals surface area contributed by atoms with E-state index in [1.807, 2.05) is 42.5 Å². The van der Waals surface area contributed by atoms with Crippen molar-refractivity contribution < 1.29 is 0 Å². The quantitative estimate of drug-likeness (QED) is 0.692. The van der Waals surface area contributed by atoms with Gasteiger partial charge in [0.1, 0.15) is 0 Å². The van der Waals surface area contributed by atoms with Crippen LogP contribution in [0.4, 0.5) is 0 Å². The maximum Gasteiger partial charge on any atom is 0.308 e. The number of nitrogens with zero attached hydrogens (tertiary/aromatic N) is 2. The molecule has 0 atom stereocenters. The number of hydrogen-bond acceptors (Lipinski definition) is 3. The van der Waals surface area contributed by atoms with Gasteiger partial charge in [-0.15, -0.1) is 0 Å². The molecule has 1 aromatic carbocycles. The molecule has 3 rings (SSSR count). The highest BCUT2D eigenvalue weighted by molar-refractivity contribution is 7.16. The maximum absolute atomic E-state index is 11.9. The molecule has 4 heteroatoms. The molecule has 0 saturated carbocycles. The lowest BCUT2D eigenvalue weighted by molar-refractivity contribution is 0.789. The van der Waals surface area contributed by atoms with E-state index < -0.39 is 0 Å². The number of fused-ring (bicyclic) bond motifs is 1. The first kappa shape index (κ1) is 10.2. The number of aromatic nitrogens is 2. The number of rotatable bonds is 2. The third-order valence-corrected chi connectivity index (χ3v) is 3.58. The molecule has 0 aliphatic rings. The van der Waals surface area contributed by atoms with Gasteiger partial charge < -0.3 is 0 Å². The zero-order valence-electron chi connectivity index (χ0n) is 9.04. The topological polar surface area (TPSA) is 34.9 Å². The van der Waals surface area contributed by atoms with E-state index in [-0.39, 0.29) is 4.87 Å². The highest BCUT2D eigenvalue weighted by atomic mass is 32.1. The molecule has 3 nitrogen and oxygen atoms in total. The highest BCUT2D eigenvalue weighted by Gasteiger charge is 2.07. The lowest BCUT2D eigenvalue weighted by atomic mass is 10.3. The van der Waals surface area contributed by atoms with Crippen molar-refractivity contribution in [1.29, 1.82) is 0 Å². The molecule has 0 spiro atoms. The van der Waals surface area contributed by atoms with E-state index in [4.69, 9.17) is 0 Å². The van der Waals surface area contributed by atoms with E-state index >= 15 is 0 Å². The Balaban J connectivity index is 2.12. The second kappa shape index (κ2) is 4.14. The smallest absolute Gasteiger partial charge is 0.293 e. The lowest BCUT2D eigenvalue weighted by Crippen LogP contribution is -2.14. The Hall–Kier alpha value is -1.94. The number of para-hydroxylation sites is 1. The van der Waals surface area contributed by atoms with E-state index in [2.05, 4.69) is 4.98 Å². The normalized spacial score (nSPS) is 10.8. The summed E-state index contributed by atoms with van der Waals surface area (Å²) < 4.78 is 2.79. The molecule has 0 N–H and O–H groups in total. The van der Waals surface area contributed by atoms with Crippen LogP contribution >= 0.6 is 11.3 Å². The van der Waals surface area contributed by atoms with E-state index in [1.54, 1.807) is 10.8 Å². The van der Waals surface area contributed by atoms with Gasteiger partial charge in [0.15, 0.2) is 0 Å². The zero-order chi connectivity index (χ0) is 11.7. The molecule has 3 aromatic rings. The summed E-state index contributed by atoms with van der Waals surface area (Å²) in [5.74, 6) is 0. The Labute approximate surface area is 102 Å². The summed E-state index contributed by atoms with van der Waals surface area (Å²) in [6.45, 7) is 0.531. The Morgan fingerprint density at radius 1 is 1.12 bits per heavy atom. The third kappa shape index (κ3) is 1.87. The van der Waals surface area contributed by atoms with Crippen LogP contribution in [0.15, 0.2) is 53.5 Å². The molecule has 0 amide bonds. The fourth-order valence-electron chi connectivity index (χ4n) is 1.82. The fraction of sp³-hybridized carbons (Fsp3) is 0.0769. The van der Waals surface area contributed by atoms with E-state index in [0.717, 1.165) is 15.9 Å². The summed E-state index contributed by atoms with van der Waals surface area (Å²) in [4.78, 5) is 16.2. The monoisotopic (exact) mass is 242 g/mol. The third-order valence-electron chi connectivity index (χ3n) is 2.62. The van der Waals surface area contributed by atoms with E-state index in [1.165, 1.54) is 11.3 Å². The molecule has 0 fully saturated rings. The first-order valence-corrected chi connectivity index (χ1v) is 6.14. The van der Waals surface area contributed by atoms with Gasteiger partial charge in [-0.05, 0) is 24.3 Å². The van der Waals surface area contributed by atoms with Gasteiger partial charge in [0, 0.05) is 6.20 Å². The van der Waals surface area contributed by atoms with Crippen LogP contribution < -0.4 is 4.87 Å². The van der Waals surface area contributed by atoms with E-state index in [9.17, 15) is 4.79 Å². The summed E-state index contributed by atoms with van der Waals surface area (Å²) in [6.07, 6.45) is 1.74. The number of pyridine rings is 1. The number of hydrogen-bond donors (Lipinski definition) is 0. The highest BCUT2D eigenvalue weighted by Crippen LogP contribution is 2.17. The molecule has 0 aliphatic carbocycles. The summed E-state index contributed by atoms with van der Waals surface area (Å²) in [6, 6.07) is 13.6. The van der Waals surface area contributed by atoms with Crippen LogP contribution in [-0.2, 0) is 6.54 Å². The molecule has 0 aliphatic heterocycles.